The maximum atomic E-state index is 5.14. The smallest absolute Gasteiger partial charge is 0.178 e. The average molecular weight is 307 g/mol. The van der Waals surface area contributed by atoms with Gasteiger partial charge in [0.2, 0.25) is 0 Å². The molecule has 0 unspecified atom stereocenters. The summed E-state index contributed by atoms with van der Waals surface area (Å²) in [5.74, 6) is 1.53. The SMILES string of the molecule is Cc1cc(CN2CCc3cnc(-c4ccccn4)nc3C2)no1. The highest BCUT2D eigenvalue weighted by atomic mass is 16.5. The minimum absolute atomic E-state index is 0.684. The Bertz CT molecular complexity index is 815. The predicted octanol–water partition coefficient (Wildman–Crippen LogP) is 2.39. The van der Waals surface area contributed by atoms with Crippen molar-refractivity contribution in [1.29, 1.82) is 0 Å². The molecule has 23 heavy (non-hydrogen) atoms. The van der Waals surface area contributed by atoms with Crippen LogP contribution in [0.15, 0.2) is 41.2 Å². The molecule has 0 radical (unpaired) electrons. The third kappa shape index (κ3) is 2.98. The molecule has 0 amide bonds. The zero-order valence-corrected chi connectivity index (χ0v) is 12.9. The van der Waals surface area contributed by atoms with Crippen molar-refractivity contribution in [2.24, 2.45) is 0 Å². The second-order valence-corrected chi connectivity index (χ2v) is 5.77. The van der Waals surface area contributed by atoms with Crippen LogP contribution >= 0.6 is 0 Å². The van der Waals surface area contributed by atoms with Gasteiger partial charge in [0.05, 0.1) is 11.4 Å². The van der Waals surface area contributed by atoms with Crippen LogP contribution in [0.1, 0.15) is 22.7 Å². The lowest BCUT2D eigenvalue weighted by Gasteiger charge is -2.27. The molecule has 0 atom stereocenters. The molecule has 6 nitrogen and oxygen atoms in total. The minimum atomic E-state index is 0.684. The van der Waals surface area contributed by atoms with Crippen LogP contribution in [0.25, 0.3) is 11.5 Å². The lowest BCUT2D eigenvalue weighted by atomic mass is 10.1. The molecule has 0 spiro atoms. The molecule has 0 saturated carbocycles. The Morgan fingerprint density at radius 1 is 1.26 bits per heavy atom. The molecular weight excluding hydrogens is 290 g/mol. The highest BCUT2D eigenvalue weighted by Crippen LogP contribution is 2.21. The number of nitrogens with zero attached hydrogens (tertiary/aromatic N) is 5. The Labute approximate surface area is 134 Å². The van der Waals surface area contributed by atoms with Gasteiger partial charge in [-0.3, -0.25) is 9.88 Å². The third-order valence-electron chi connectivity index (χ3n) is 3.98. The number of hydrogen-bond acceptors (Lipinski definition) is 6. The summed E-state index contributed by atoms with van der Waals surface area (Å²) in [5.41, 5.74) is 4.06. The van der Waals surface area contributed by atoms with Gasteiger partial charge in [-0.15, -0.1) is 0 Å². The van der Waals surface area contributed by atoms with Crippen molar-refractivity contribution < 1.29 is 4.52 Å². The van der Waals surface area contributed by atoms with Crippen LogP contribution in [0.5, 0.6) is 0 Å². The number of fused-ring (bicyclic) bond motifs is 1. The Morgan fingerprint density at radius 3 is 3.00 bits per heavy atom. The summed E-state index contributed by atoms with van der Waals surface area (Å²) < 4.78 is 5.14. The van der Waals surface area contributed by atoms with Crippen LogP contribution in [0.4, 0.5) is 0 Å². The fourth-order valence-electron chi connectivity index (χ4n) is 2.83. The van der Waals surface area contributed by atoms with E-state index in [2.05, 4.69) is 20.0 Å². The zero-order valence-electron chi connectivity index (χ0n) is 12.9. The Hall–Kier alpha value is -2.60. The van der Waals surface area contributed by atoms with Crippen molar-refractivity contribution >= 4 is 0 Å². The van der Waals surface area contributed by atoms with Crippen LogP contribution in [0, 0.1) is 6.92 Å². The summed E-state index contributed by atoms with van der Waals surface area (Å²) in [6, 6.07) is 7.75. The first-order chi connectivity index (χ1) is 11.3. The van der Waals surface area contributed by atoms with Gasteiger partial charge >= 0.3 is 0 Å². The van der Waals surface area contributed by atoms with Gasteiger partial charge < -0.3 is 4.52 Å². The van der Waals surface area contributed by atoms with Crippen molar-refractivity contribution in [1.82, 2.24) is 25.0 Å². The van der Waals surface area contributed by atoms with E-state index in [-0.39, 0.29) is 0 Å². The molecule has 0 N–H and O–H groups in total. The topological polar surface area (TPSA) is 67.9 Å². The molecule has 3 aromatic rings. The van der Waals surface area contributed by atoms with Gasteiger partial charge in [0, 0.05) is 38.1 Å². The highest BCUT2D eigenvalue weighted by molar-refractivity contribution is 5.49. The lowest BCUT2D eigenvalue weighted by Crippen LogP contribution is -2.31. The molecular formula is C17H17N5O. The van der Waals surface area contributed by atoms with E-state index in [9.17, 15) is 0 Å². The van der Waals surface area contributed by atoms with E-state index in [4.69, 9.17) is 9.51 Å². The van der Waals surface area contributed by atoms with Crippen LogP contribution in [0.3, 0.4) is 0 Å². The summed E-state index contributed by atoms with van der Waals surface area (Å²) in [5, 5.41) is 4.07. The van der Waals surface area contributed by atoms with E-state index in [1.165, 1.54) is 5.56 Å². The molecule has 1 aliphatic rings. The van der Waals surface area contributed by atoms with Gasteiger partial charge in [-0.25, -0.2) is 9.97 Å². The molecule has 0 aliphatic carbocycles. The minimum Gasteiger partial charge on any atom is -0.361 e. The van der Waals surface area contributed by atoms with E-state index in [0.29, 0.717) is 5.82 Å². The molecule has 4 rings (SSSR count). The quantitative estimate of drug-likeness (QED) is 0.740. The van der Waals surface area contributed by atoms with E-state index in [1.54, 1.807) is 6.20 Å². The summed E-state index contributed by atoms with van der Waals surface area (Å²) in [4.78, 5) is 15.8. The Balaban J connectivity index is 1.56. The Morgan fingerprint density at radius 2 is 2.22 bits per heavy atom. The fraction of sp³-hybridized carbons (Fsp3) is 0.294. The molecule has 4 heterocycles. The van der Waals surface area contributed by atoms with Crippen molar-refractivity contribution in [2.75, 3.05) is 6.54 Å². The third-order valence-corrected chi connectivity index (χ3v) is 3.98. The van der Waals surface area contributed by atoms with Crippen molar-refractivity contribution in [3.63, 3.8) is 0 Å². The number of aromatic nitrogens is 4. The molecule has 0 bridgehead atoms. The fourth-order valence-corrected chi connectivity index (χ4v) is 2.83. The van der Waals surface area contributed by atoms with E-state index in [0.717, 1.165) is 48.9 Å². The monoisotopic (exact) mass is 307 g/mol. The molecule has 0 fully saturated rings. The van der Waals surface area contributed by atoms with Crippen molar-refractivity contribution in [2.45, 2.75) is 26.4 Å². The maximum Gasteiger partial charge on any atom is 0.178 e. The van der Waals surface area contributed by atoms with Crippen molar-refractivity contribution in [3.05, 3.63) is 59.4 Å². The zero-order chi connectivity index (χ0) is 15.6. The summed E-state index contributed by atoms with van der Waals surface area (Å²) in [7, 11) is 0. The lowest BCUT2D eigenvalue weighted by molar-refractivity contribution is 0.233. The number of aryl methyl sites for hydroxylation is 1. The van der Waals surface area contributed by atoms with Gasteiger partial charge in [-0.1, -0.05) is 11.2 Å². The van der Waals surface area contributed by atoms with Crippen LogP contribution in [-0.4, -0.2) is 31.6 Å². The first-order valence-electron chi connectivity index (χ1n) is 7.69. The second-order valence-electron chi connectivity index (χ2n) is 5.77. The summed E-state index contributed by atoms with van der Waals surface area (Å²) in [6.07, 6.45) is 4.65. The van der Waals surface area contributed by atoms with Gasteiger partial charge in [-0.05, 0) is 31.0 Å². The average Bonchev–Trinajstić information content (AvgIpc) is 3.00. The van der Waals surface area contributed by atoms with Gasteiger partial charge in [0.15, 0.2) is 5.82 Å². The van der Waals surface area contributed by atoms with E-state index >= 15 is 0 Å². The Kier molecular flexibility index (Phi) is 3.59. The van der Waals surface area contributed by atoms with E-state index in [1.807, 2.05) is 37.4 Å². The second kappa shape index (κ2) is 5.89. The van der Waals surface area contributed by atoms with Gasteiger partial charge in [-0.2, -0.15) is 0 Å². The van der Waals surface area contributed by atoms with Gasteiger partial charge in [0.1, 0.15) is 11.5 Å². The van der Waals surface area contributed by atoms with E-state index < -0.39 is 0 Å². The molecule has 0 aromatic carbocycles. The van der Waals surface area contributed by atoms with Crippen LogP contribution in [0.2, 0.25) is 0 Å². The summed E-state index contributed by atoms with van der Waals surface area (Å²) >= 11 is 0. The molecule has 0 saturated heterocycles. The largest absolute Gasteiger partial charge is 0.361 e. The number of pyridine rings is 1. The molecule has 6 heteroatoms. The van der Waals surface area contributed by atoms with Crippen LogP contribution in [-0.2, 0) is 19.5 Å². The number of rotatable bonds is 3. The van der Waals surface area contributed by atoms with Crippen molar-refractivity contribution in [3.8, 4) is 11.5 Å². The highest BCUT2D eigenvalue weighted by Gasteiger charge is 2.20. The summed E-state index contributed by atoms with van der Waals surface area (Å²) in [6.45, 7) is 4.46. The first-order valence-corrected chi connectivity index (χ1v) is 7.69. The normalized spacial score (nSPS) is 14.7. The number of hydrogen-bond donors (Lipinski definition) is 0. The van der Waals surface area contributed by atoms with Crippen LogP contribution < -0.4 is 0 Å². The molecule has 1 aliphatic heterocycles. The van der Waals surface area contributed by atoms with Gasteiger partial charge in [0.25, 0.3) is 0 Å². The first kappa shape index (κ1) is 14.0. The molecule has 3 aromatic heterocycles. The standard InChI is InChI=1S/C17H17N5O/c1-12-8-14(21-23-12)10-22-7-5-13-9-19-17(20-16(13)11-22)15-4-2-3-6-18-15/h2-4,6,8-9H,5,7,10-11H2,1H3. The predicted molar refractivity (Wildman–Crippen MR) is 84.3 cm³/mol. The molecule has 116 valence electrons. The maximum absolute atomic E-state index is 5.14.